The van der Waals surface area contributed by atoms with Crippen LogP contribution in [0.3, 0.4) is 0 Å². The summed E-state index contributed by atoms with van der Waals surface area (Å²) in [4.78, 5) is 0. The molecule has 4 heteroatoms. The van der Waals surface area contributed by atoms with E-state index in [2.05, 4.69) is 0 Å². The Morgan fingerprint density at radius 1 is 1.12 bits per heavy atom. The Balaban J connectivity index is 2.08. The van der Waals surface area contributed by atoms with Gasteiger partial charge in [0.15, 0.2) is 0 Å². The molecule has 16 heavy (non-hydrogen) atoms. The lowest BCUT2D eigenvalue weighted by atomic mass is 9.76. The molecule has 1 nitrogen and oxygen atoms in total. The van der Waals surface area contributed by atoms with Crippen molar-refractivity contribution in [2.75, 3.05) is 0 Å². The van der Waals surface area contributed by atoms with Crippen molar-refractivity contribution in [2.24, 2.45) is 0 Å². The predicted octanol–water partition coefficient (Wildman–Crippen LogP) is 3.16. The van der Waals surface area contributed by atoms with Crippen molar-refractivity contribution in [3.8, 4) is 0 Å². The monoisotopic (exact) mass is 230 g/mol. The summed E-state index contributed by atoms with van der Waals surface area (Å²) in [6, 6.07) is 5.02. The molecule has 0 unspecified atom stereocenters. The minimum Gasteiger partial charge on any atom is -0.390 e. The predicted molar refractivity (Wildman–Crippen MR) is 53.9 cm³/mol. The molecule has 1 aromatic rings. The van der Waals surface area contributed by atoms with Gasteiger partial charge < -0.3 is 5.11 Å². The van der Waals surface area contributed by atoms with Gasteiger partial charge in [-0.15, -0.1) is 0 Å². The molecule has 0 aliphatic heterocycles. The molecule has 2 rings (SSSR count). The van der Waals surface area contributed by atoms with E-state index in [1.54, 1.807) is 0 Å². The molecule has 0 bridgehead atoms. The highest BCUT2D eigenvalue weighted by molar-refractivity contribution is 5.26. The average Bonchev–Trinajstić information content (AvgIpc) is 2.15. The van der Waals surface area contributed by atoms with Crippen LogP contribution >= 0.6 is 0 Å². The van der Waals surface area contributed by atoms with Gasteiger partial charge in [0, 0.05) is 6.42 Å². The van der Waals surface area contributed by atoms with Crippen LogP contribution < -0.4 is 0 Å². The highest BCUT2D eigenvalue weighted by atomic mass is 19.4. The lowest BCUT2D eigenvalue weighted by molar-refractivity contribution is -0.137. The Morgan fingerprint density at radius 2 is 1.69 bits per heavy atom. The van der Waals surface area contributed by atoms with E-state index in [4.69, 9.17) is 0 Å². The molecule has 0 spiro atoms. The van der Waals surface area contributed by atoms with E-state index >= 15 is 0 Å². The van der Waals surface area contributed by atoms with Gasteiger partial charge in [-0.3, -0.25) is 0 Å². The Hall–Kier alpha value is -1.03. The summed E-state index contributed by atoms with van der Waals surface area (Å²) in [5.41, 5.74) is -0.563. The first-order chi connectivity index (χ1) is 7.39. The molecule has 1 aliphatic rings. The number of alkyl halides is 3. The molecular weight excluding hydrogens is 217 g/mol. The van der Waals surface area contributed by atoms with Gasteiger partial charge >= 0.3 is 6.18 Å². The fourth-order valence-electron chi connectivity index (χ4n) is 1.95. The van der Waals surface area contributed by atoms with Crippen molar-refractivity contribution in [1.29, 1.82) is 0 Å². The van der Waals surface area contributed by atoms with Crippen LogP contribution in [0.4, 0.5) is 13.2 Å². The quantitative estimate of drug-likeness (QED) is 0.827. The normalized spacial score (nSPS) is 19.2. The zero-order valence-corrected chi connectivity index (χ0v) is 8.72. The van der Waals surface area contributed by atoms with Gasteiger partial charge in [0.1, 0.15) is 0 Å². The van der Waals surface area contributed by atoms with Crippen LogP contribution in [0.5, 0.6) is 0 Å². The molecule has 1 aliphatic carbocycles. The van der Waals surface area contributed by atoms with Gasteiger partial charge in [0.05, 0.1) is 11.2 Å². The minimum atomic E-state index is -4.29. The standard InChI is InChI=1S/C12H13F3O/c13-12(14,15)10-4-2-9(3-5-10)8-11(16)6-1-7-11/h2-5,16H,1,6-8H2. The summed E-state index contributed by atoms with van der Waals surface area (Å²) >= 11 is 0. The lowest BCUT2D eigenvalue weighted by Gasteiger charge is -2.36. The van der Waals surface area contributed by atoms with Gasteiger partial charge in [0.2, 0.25) is 0 Å². The average molecular weight is 230 g/mol. The molecular formula is C12H13F3O. The summed E-state index contributed by atoms with van der Waals surface area (Å²) in [6.45, 7) is 0. The smallest absolute Gasteiger partial charge is 0.390 e. The fraction of sp³-hybridized carbons (Fsp3) is 0.500. The van der Waals surface area contributed by atoms with Crippen molar-refractivity contribution in [3.05, 3.63) is 35.4 Å². The van der Waals surface area contributed by atoms with Gasteiger partial charge in [0.25, 0.3) is 0 Å². The van der Waals surface area contributed by atoms with Crippen LogP contribution in [-0.4, -0.2) is 10.7 Å². The largest absolute Gasteiger partial charge is 0.416 e. The summed E-state index contributed by atoms with van der Waals surface area (Å²) in [5, 5.41) is 9.87. The van der Waals surface area contributed by atoms with Crippen molar-refractivity contribution in [1.82, 2.24) is 0 Å². The third-order valence-corrected chi connectivity index (χ3v) is 3.10. The lowest BCUT2D eigenvalue weighted by Crippen LogP contribution is -2.38. The topological polar surface area (TPSA) is 20.2 Å². The van der Waals surface area contributed by atoms with Crippen LogP contribution in [0.2, 0.25) is 0 Å². The highest BCUT2D eigenvalue weighted by Gasteiger charge is 2.35. The second-order valence-corrected chi connectivity index (χ2v) is 4.45. The second kappa shape index (κ2) is 3.77. The van der Waals surface area contributed by atoms with E-state index in [9.17, 15) is 18.3 Å². The van der Waals surface area contributed by atoms with E-state index in [1.165, 1.54) is 12.1 Å². The molecule has 1 aromatic carbocycles. The molecule has 0 heterocycles. The van der Waals surface area contributed by atoms with Crippen LogP contribution in [0, 0.1) is 0 Å². The summed E-state index contributed by atoms with van der Waals surface area (Å²) < 4.78 is 36.9. The number of halogens is 3. The second-order valence-electron chi connectivity index (χ2n) is 4.45. The number of benzene rings is 1. The van der Waals surface area contributed by atoms with Gasteiger partial charge in [-0.2, -0.15) is 13.2 Å². The first kappa shape index (κ1) is 11.5. The number of aliphatic hydroxyl groups is 1. The molecule has 1 saturated carbocycles. The molecule has 0 radical (unpaired) electrons. The van der Waals surface area contributed by atoms with Gasteiger partial charge in [-0.05, 0) is 37.0 Å². The summed E-state index contributed by atoms with van der Waals surface area (Å²) in [5.74, 6) is 0. The molecule has 0 saturated heterocycles. The zero-order valence-electron chi connectivity index (χ0n) is 8.72. The maximum atomic E-state index is 12.3. The van der Waals surface area contributed by atoms with Crippen LogP contribution in [0.25, 0.3) is 0 Å². The fourth-order valence-corrected chi connectivity index (χ4v) is 1.95. The first-order valence-electron chi connectivity index (χ1n) is 5.28. The minimum absolute atomic E-state index is 0.450. The van der Waals surface area contributed by atoms with Crippen molar-refractivity contribution >= 4 is 0 Å². The number of hydrogen-bond acceptors (Lipinski definition) is 1. The first-order valence-corrected chi connectivity index (χ1v) is 5.28. The Morgan fingerprint density at radius 3 is 2.06 bits per heavy atom. The van der Waals surface area contributed by atoms with Crippen molar-refractivity contribution < 1.29 is 18.3 Å². The van der Waals surface area contributed by atoms with Crippen LogP contribution in [0.15, 0.2) is 24.3 Å². The molecule has 88 valence electrons. The Kier molecular flexibility index (Phi) is 2.70. The van der Waals surface area contributed by atoms with Gasteiger partial charge in [-0.1, -0.05) is 12.1 Å². The summed E-state index contributed by atoms with van der Waals surface area (Å²) in [7, 11) is 0. The number of rotatable bonds is 2. The molecule has 1 fully saturated rings. The third kappa shape index (κ3) is 2.38. The van der Waals surface area contributed by atoms with E-state index < -0.39 is 17.3 Å². The van der Waals surface area contributed by atoms with E-state index in [0.29, 0.717) is 6.42 Å². The maximum Gasteiger partial charge on any atom is 0.416 e. The van der Waals surface area contributed by atoms with Crippen LogP contribution in [0.1, 0.15) is 30.4 Å². The maximum absolute atomic E-state index is 12.3. The van der Waals surface area contributed by atoms with E-state index in [0.717, 1.165) is 37.0 Å². The Labute approximate surface area is 91.9 Å². The molecule has 0 atom stereocenters. The number of hydrogen-bond donors (Lipinski definition) is 1. The molecule has 0 amide bonds. The zero-order chi connectivity index (χ0) is 11.8. The van der Waals surface area contributed by atoms with E-state index in [-0.39, 0.29) is 0 Å². The third-order valence-electron chi connectivity index (χ3n) is 3.10. The van der Waals surface area contributed by atoms with Crippen molar-refractivity contribution in [3.63, 3.8) is 0 Å². The Bertz CT molecular complexity index is 363. The van der Waals surface area contributed by atoms with Gasteiger partial charge in [-0.25, -0.2) is 0 Å². The molecule has 1 N–H and O–H groups in total. The SMILES string of the molecule is OC1(Cc2ccc(C(F)(F)F)cc2)CCC1. The van der Waals surface area contributed by atoms with E-state index in [1.807, 2.05) is 0 Å². The van der Waals surface area contributed by atoms with Crippen LogP contribution in [-0.2, 0) is 12.6 Å². The summed E-state index contributed by atoms with van der Waals surface area (Å²) in [6.07, 6.45) is -1.35. The molecule has 0 aromatic heterocycles. The van der Waals surface area contributed by atoms with Crippen molar-refractivity contribution in [2.45, 2.75) is 37.5 Å². The highest BCUT2D eigenvalue weighted by Crippen LogP contribution is 2.35.